The fraction of sp³-hybridized carbons (Fsp3) is 0.714. The van der Waals surface area contributed by atoms with Crippen LogP contribution in [0.5, 0.6) is 0 Å². The third-order valence-corrected chi connectivity index (χ3v) is 4.83. The van der Waals surface area contributed by atoms with Gasteiger partial charge < -0.3 is 0 Å². The van der Waals surface area contributed by atoms with Gasteiger partial charge in [0.25, 0.3) is 0 Å². The van der Waals surface area contributed by atoms with E-state index < -0.39 is 0 Å². The first-order valence-corrected chi connectivity index (χ1v) is 6.22. The average molecular weight is 188 g/mol. The van der Waals surface area contributed by atoms with Gasteiger partial charge in [0.05, 0.1) is 0 Å². The molecule has 0 aromatic carbocycles. The maximum Gasteiger partial charge on any atom is 0.0123 e. The van der Waals surface area contributed by atoms with Gasteiger partial charge in [-0.2, -0.15) is 0 Å². The Labute approximate surface area is 87.1 Å². The van der Waals surface area contributed by atoms with Crippen LogP contribution in [0, 0.1) is 10.8 Å². The predicted octanol–water partition coefficient (Wildman–Crippen LogP) is 4.23. The van der Waals surface area contributed by atoms with Crippen LogP contribution in [0.4, 0.5) is 0 Å². The van der Waals surface area contributed by atoms with E-state index in [9.17, 15) is 0 Å². The molecule has 0 unspecified atom stereocenters. The average Bonchev–Trinajstić information content (AvgIpc) is 2.59. The summed E-state index contributed by atoms with van der Waals surface area (Å²) in [5.74, 6) is 0. The van der Waals surface area contributed by atoms with Crippen LogP contribution in [0.1, 0.15) is 51.4 Å². The molecule has 14 heavy (non-hydrogen) atoms. The first-order valence-electron chi connectivity index (χ1n) is 6.22. The Morgan fingerprint density at radius 2 is 1.36 bits per heavy atom. The second-order valence-corrected chi connectivity index (χ2v) is 5.45. The molecule has 76 valence electrons. The Morgan fingerprint density at radius 3 is 2.07 bits per heavy atom. The van der Waals surface area contributed by atoms with Gasteiger partial charge in [-0.05, 0) is 31.1 Å². The van der Waals surface area contributed by atoms with Gasteiger partial charge in [0.2, 0.25) is 0 Å². The number of rotatable bonds is 0. The zero-order valence-corrected chi connectivity index (χ0v) is 8.97. The van der Waals surface area contributed by atoms with Gasteiger partial charge in [-0.3, -0.25) is 0 Å². The molecule has 0 aliphatic heterocycles. The molecule has 0 saturated heterocycles. The summed E-state index contributed by atoms with van der Waals surface area (Å²) in [4.78, 5) is 0. The van der Waals surface area contributed by atoms with Crippen LogP contribution in [-0.2, 0) is 0 Å². The highest BCUT2D eigenvalue weighted by Crippen LogP contribution is 2.61. The zero-order valence-electron chi connectivity index (χ0n) is 8.97. The van der Waals surface area contributed by atoms with E-state index in [4.69, 9.17) is 0 Å². The molecule has 0 N–H and O–H groups in total. The molecule has 0 aromatic rings. The molecule has 1 fully saturated rings. The van der Waals surface area contributed by atoms with Crippen LogP contribution < -0.4 is 0 Å². The van der Waals surface area contributed by atoms with E-state index in [0.29, 0.717) is 10.8 Å². The normalized spacial score (nSPS) is 45.7. The van der Waals surface area contributed by atoms with Crippen molar-refractivity contribution in [3.63, 3.8) is 0 Å². The molecule has 0 heterocycles. The summed E-state index contributed by atoms with van der Waals surface area (Å²) in [7, 11) is 0. The molecule has 0 nitrogen and oxygen atoms in total. The van der Waals surface area contributed by atoms with Gasteiger partial charge in [0.15, 0.2) is 0 Å². The second kappa shape index (κ2) is 2.98. The summed E-state index contributed by atoms with van der Waals surface area (Å²) in [5, 5.41) is 0. The minimum Gasteiger partial charge on any atom is -0.0870 e. The quantitative estimate of drug-likeness (QED) is 0.499. The van der Waals surface area contributed by atoms with Gasteiger partial charge >= 0.3 is 0 Å². The van der Waals surface area contributed by atoms with Crippen molar-refractivity contribution in [1.29, 1.82) is 0 Å². The Morgan fingerprint density at radius 1 is 0.714 bits per heavy atom. The largest absolute Gasteiger partial charge is 0.0870 e. The van der Waals surface area contributed by atoms with Crippen molar-refractivity contribution >= 4 is 0 Å². The van der Waals surface area contributed by atoms with Crippen LogP contribution in [0.25, 0.3) is 0 Å². The summed E-state index contributed by atoms with van der Waals surface area (Å²) in [6.45, 7) is 0. The summed E-state index contributed by atoms with van der Waals surface area (Å²) >= 11 is 0. The number of allylic oxidation sites excluding steroid dienone is 4. The van der Waals surface area contributed by atoms with Gasteiger partial charge in [0.1, 0.15) is 0 Å². The van der Waals surface area contributed by atoms with Crippen molar-refractivity contribution in [3.05, 3.63) is 24.3 Å². The summed E-state index contributed by atoms with van der Waals surface area (Å²) in [6, 6.07) is 0. The van der Waals surface area contributed by atoms with Crippen LogP contribution in [0.15, 0.2) is 24.3 Å². The number of hydrogen-bond donors (Lipinski definition) is 0. The van der Waals surface area contributed by atoms with E-state index in [0.717, 1.165) is 0 Å². The highest BCUT2D eigenvalue weighted by Gasteiger charge is 2.51. The maximum absolute atomic E-state index is 2.53. The smallest absolute Gasteiger partial charge is 0.0123 e. The van der Waals surface area contributed by atoms with Gasteiger partial charge in [-0.15, -0.1) is 0 Å². The van der Waals surface area contributed by atoms with Crippen LogP contribution in [0.3, 0.4) is 0 Å². The highest BCUT2D eigenvalue weighted by atomic mass is 14.5. The molecule has 3 aliphatic carbocycles. The molecule has 0 amide bonds. The summed E-state index contributed by atoms with van der Waals surface area (Å²) in [5.41, 5.74) is 1.13. The minimum atomic E-state index is 0.493. The Hall–Kier alpha value is -0.520. The minimum absolute atomic E-state index is 0.493. The fourth-order valence-electron chi connectivity index (χ4n) is 3.97. The first-order chi connectivity index (χ1) is 6.87. The van der Waals surface area contributed by atoms with E-state index in [2.05, 4.69) is 24.3 Å². The van der Waals surface area contributed by atoms with Crippen LogP contribution >= 0.6 is 0 Å². The molecule has 0 bridgehead atoms. The lowest BCUT2D eigenvalue weighted by molar-refractivity contribution is 0.125. The van der Waals surface area contributed by atoms with Crippen LogP contribution in [-0.4, -0.2) is 0 Å². The first kappa shape index (κ1) is 8.76. The van der Waals surface area contributed by atoms with E-state index in [1.807, 2.05) is 0 Å². The van der Waals surface area contributed by atoms with Crippen molar-refractivity contribution in [2.75, 3.05) is 0 Å². The molecular formula is C14H20. The highest BCUT2D eigenvalue weighted by molar-refractivity contribution is 5.30. The van der Waals surface area contributed by atoms with Crippen molar-refractivity contribution in [2.24, 2.45) is 10.8 Å². The molecule has 0 radical (unpaired) electrons. The van der Waals surface area contributed by atoms with E-state index >= 15 is 0 Å². The van der Waals surface area contributed by atoms with Gasteiger partial charge in [0, 0.05) is 5.41 Å². The molecule has 0 heteroatoms. The van der Waals surface area contributed by atoms with Gasteiger partial charge in [-0.1, -0.05) is 50.0 Å². The Balaban J connectivity index is 1.96. The number of hydrogen-bond acceptors (Lipinski definition) is 0. The Bertz CT molecular complexity index is 266. The molecular weight excluding hydrogens is 168 g/mol. The SMILES string of the molecule is C1=CC23C=CCC2(C1)CCCCCC3. The van der Waals surface area contributed by atoms with E-state index in [-0.39, 0.29) is 0 Å². The predicted molar refractivity (Wildman–Crippen MR) is 60.1 cm³/mol. The van der Waals surface area contributed by atoms with Crippen molar-refractivity contribution in [1.82, 2.24) is 0 Å². The molecule has 1 saturated carbocycles. The summed E-state index contributed by atoms with van der Waals surface area (Å²) < 4.78 is 0. The van der Waals surface area contributed by atoms with Crippen molar-refractivity contribution < 1.29 is 0 Å². The van der Waals surface area contributed by atoms with Crippen LogP contribution in [0.2, 0.25) is 0 Å². The molecule has 0 spiro atoms. The van der Waals surface area contributed by atoms with Crippen molar-refractivity contribution in [3.8, 4) is 0 Å². The molecule has 3 rings (SSSR count). The third-order valence-electron chi connectivity index (χ3n) is 4.83. The second-order valence-electron chi connectivity index (χ2n) is 5.45. The lowest BCUT2D eigenvalue weighted by Gasteiger charge is -2.42. The lowest BCUT2D eigenvalue weighted by Crippen LogP contribution is -2.33. The van der Waals surface area contributed by atoms with Gasteiger partial charge in [-0.25, -0.2) is 0 Å². The third kappa shape index (κ3) is 1.00. The maximum atomic E-state index is 2.53. The standard InChI is InChI=1S/C14H20/c1-2-4-8-14-11-5-9-13(14,7-3-1)10-6-12-14/h5-6,9-10H,1-4,7-8,11-12H2. The molecule has 0 aromatic heterocycles. The molecule has 0 atom stereocenters. The monoisotopic (exact) mass is 188 g/mol. The van der Waals surface area contributed by atoms with E-state index in [1.54, 1.807) is 0 Å². The lowest BCUT2D eigenvalue weighted by atomic mass is 9.61. The van der Waals surface area contributed by atoms with Crippen molar-refractivity contribution in [2.45, 2.75) is 51.4 Å². The Kier molecular flexibility index (Phi) is 1.87. The zero-order chi connectivity index (χ0) is 9.49. The fourth-order valence-corrected chi connectivity index (χ4v) is 3.97. The van der Waals surface area contributed by atoms with E-state index in [1.165, 1.54) is 51.4 Å². The summed E-state index contributed by atoms with van der Waals surface area (Å²) in [6.07, 6.45) is 21.4. The topological polar surface area (TPSA) is 0 Å². The molecule has 3 aliphatic rings.